The van der Waals surface area contributed by atoms with Crippen molar-refractivity contribution in [2.24, 2.45) is 0 Å². The first-order valence-electron chi connectivity index (χ1n) is 10.2. The van der Waals surface area contributed by atoms with Crippen LogP contribution in [0, 0.1) is 27.7 Å². The summed E-state index contributed by atoms with van der Waals surface area (Å²) in [6.07, 6.45) is 3.10. The first-order chi connectivity index (χ1) is 15.3. The zero-order valence-electron chi connectivity index (χ0n) is 18.6. The van der Waals surface area contributed by atoms with Crippen LogP contribution in [0.2, 0.25) is 0 Å². The van der Waals surface area contributed by atoms with Gasteiger partial charge >= 0.3 is 0 Å². The van der Waals surface area contributed by atoms with Gasteiger partial charge in [-0.15, -0.1) is 0 Å². The average Bonchev–Trinajstić information content (AvgIpc) is 3.29. The van der Waals surface area contributed by atoms with Gasteiger partial charge in [-0.25, -0.2) is 9.50 Å². The second-order valence-electron chi connectivity index (χ2n) is 7.70. The quantitative estimate of drug-likeness (QED) is 0.450. The summed E-state index contributed by atoms with van der Waals surface area (Å²) < 4.78 is 3.38. The summed E-state index contributed by atoms with van der Waals surface area (Å²) in [6.45, 7) is 7.67. The van der Waals surface area contributed by atoms with Gasteiger partial charge in [0, 0.05) is 35.9 Å². The second kappa shape index (κ2) is 8.18. The third-order valence-corrected chi connectivity index (χ3v) is 5.54. The second-order valence-corrected chi connectivity index (χ2v) is 7.70. The molecule has 2 amide bonds. The summed E-state index contributed by atoms with van der Waals surface area (Å²) >= 11 is 0. The number of aromatic nitrogens is 4. The Kier molecular flexibility index (Phi) is 5.40. The average molecular weight is 432 g/mol. The van der Waals surface area contributed by atoms with E-state index in [1.54, 1.807) is 34.6 Å². The van der Waals surface area contributed by atoms with Crippen molar-refractivity contribution in [1.82, 2.24) is 24.6 Å². The van der Waals surface area contributed by atoms with Gasteiger partial charge in [0.15, 0.2) is 5.82 Å². The molecule has 0 radical (unpaired) electrons. The molecule has 0 fully saturated rings. The molecule has 0 spiro atoms. The highest BCUT2D eigenvalue weighted by atomic mass is 16.2. The van der Waals surface area contributed by atoms with Gasteiger partial charge in [0.1, 0.15) is 11.8 Å². The Morgan fingerprint density at radius 1 is 0.969 bits per heavy atom. The molecule has 9 nitrogen and oxygen atoms in total. The van der Waals surface area contributed by atoms with Crippen molar-refractivity contribution in [3.63, 3.8) is 0 Å². The van der Waals surface area contributed by atoms with Gasteiger partial charge in [-0.2, -0.15) is 5.10 Å². The van der Waals surface area contributed by atoms with E-state index < -0.39 is 0 Å². The number of benzene rings is 1. The first kappa shape index (κ1) is 21.1. The predicted molar refractivity (Wildman–Crippen MR) is 123 cm³/mol. The molecule has 3 N–H and O–H groups in total. The topological polar surface area (TPSA) is 105 Å². The van der Waals surface area contributed by atoms with Gasteiger partial charge in [0.2, 0.25) is 0 Å². The Labute approximate surface area is 185 Å². The van der Waals surface area contributed by atoms with Crippen LogP contribution in [0.4, 0.5) is 11.5 Å². The zero-order valence-corrected chi connectivity index (χ0v) is 18.6. The molecule has 0 unspecified atom stereocenters. The number of aryl methyl sites for hydroxylation is 4. The summed E-state index contributed by atoms with van der Waals surface area (Å²) in [5.74, 6) is 0.138. The largest absolute Gasteiger partial charge is 0.355 e. The Hall–Kier alpha value is -4.14. The van der Waals surface area contributed by atoms with E-state index in [9.17, 15) is 9.59 Å². The van der Waals surface area contributed by atoms with Gasteiger partial charge in [0.05, 0.1) is 5.56 Å². The van der Waals surface area contributed by atoms with Crippen LogP contribution in [-0.4, -0.2) is 38.1 Å². The van der Waals surface area contributed by atoms with Crippen molar-refractivity contribution in [1.29, 1.82) is 0 Å². The lowest BCUT2D eigenvalue weighted by atomic mass is 10.1. The van der Waals surface area contributed by atoms with Crippen LogP contribution in [0.3, 0.4) is 0 Å². The fourth-order valence-corrected chi connectivity index (χ4v) is 3.65. The van der Waals surface area contributed by atoms with E-state index in [4.69, 9.17) is 0 Å². The molecule has 1 aromatic carbocycles. The maximum atomic E-state index is 12.9. The summed E-state index contributed by atoms with van der Waals surface area (Å²) in [7, 11) is 1.59. The molecule has 0 saturated carbocycles. The van der Waals surface area contributed by atoms with Gasteiger partial charge in [0.25, 0.3) is 11.8 Å². The molecule has 164 valence electrons. The van der Waals surface area contributed by atoms with Crippen LogP contribution < -0.4 is 16.1 Å². The molecule has 4 aromatic rings. The highest BCUT2D eigenvalue weighted by molar-refractivity contribution is 6.01. The van der Waals surface area contributed by atoms with Gasteiger partial charge < -0.3 is 10.6 Å². The van der Waals surface area contributed by atoms with E-state index in [2.05, 4.69) is 26.1 Å². The Balaban J connectivity index is 1.68. The minimum atomic E-state index is -0.218. The highest BCUT2D eigenvalue weighted by Crippen LogP contribution is 2.27. The molecule has 3 aromatic heterocycles. The summed E-state index contributed by atoms with van der Waals surface area (Å²) in [6, 6.07) is 9.35. The van der Waals surface area contributed by atoms with Crippen molar-refractivity contribution in [3.8, 4) is 0 Å². The maximum absolute atomic E-state index is 12.9. The lowest BCUT2D eigenvalue weighted by Crippen LogP contribution is -2.24. The van der Waals surface area contributed by atoms with Crippen LogP contribution in [0.1, 0.15) is 43.2 Å². The molecule has 9 heteroatoms. The van der Waals surface area contributed by atoms with Crippen molar-refractivity contribution >= 4 is 28.8 Å². The fraction of sp³-hybridized carbons (Fsp3) is 0.217. The molecule has 0 bridgehead atoms. The van der Waals surface area contributed by atoms with E-state index in [0.717, 1.165) is 28.2 Å². The summed E-state index contributed by atoms with van der Waals surface area (Å²) in [5, 5.41) is 10.2. The number of carbonyl (C=O) groups is 2. The molecule has 0 aliphatic carbocycles. The monoisotopic (exact) mass is 431 g/mol. The van der Waals surface area contributed by atoms with Crippen LogP contribution >= 0.6 is 0 Å². The smallest absolute Gasteiger partial charge is 0.270 e. The maximum Gasteiger partial charge on any atom is 0.270 e. The third kappa shape index (κ3) is 3.68. The van der Waals surface area contributed by atoms with E-state index in [-0.39, 0.29) is 11.8 Å². The van der Waals surface area contributed by atoms with Crippen LogP contribution in [0.5, 0.6) is 0 Å². The van der Waals surface area contributed by atoms with Crippen molar-refractivity contribution in [2.45, 2.75) is 27.7 Å². The number of anilines is 2. The lowest BCUT2D eigenvalue weighted by molar-refractivity contribution is 0.0961. The fourth-order valence-electron chi connectivity index (χ4n) is 3.65. The van der Waals surface area contributed by atoms with Crippen LogP contribution in [-0.2, 0) is 0 Å². The van der Waals surface area contributed by atoms with Gasteiger partial charge in [-0.1, -0.05) is 6.07 Å². The number of nitrogens with zero attached hydrogens (tertiary/aromatic N) is 4. The number of hydrogen-bond acceptors (Lipinski definition) is 5. The van der Waals surface area contributed by atoms with Crippen LogP contribution in [0.25, 0.3) is 5.52 Å². The normalized spacial score (nSPS) is 10.9. The Morgan fingerprint density at radius 3 is 2.38 bits per heavy atom. The summed E-state index contributed by atoms with van der Waals surface area (Å²) in [4.78, 5) is 29.4. The van der Waals surface area contributed by atoms with E-state index >= 15 is 0 Å². The number of hydrogen-bond donors (Lipinski definition) is 3. The van der Waals surface area contributed by atoms with Crippen molar-refractivity contribution in [3.05, 3.63) is 76.5 Å². The van der Waals surface area contributed by atoms with E-state index in [1.807, 2.05) is 45.9 Å². The molecule has 0 aliphatic heterocycles. The summed E-state index contributed by atoms with van der Waals surface area (Å²) in [5.41, 5.74) is 8.99. The number of fused-ring (bicyclic) bond motifs is 1. The molecule has 0 aliphatic rings. The van der Waals surface area contributed by atoms with Crippen molar-refractivity contribution in [2.75, 3.05) is 17.8 Å². The molecule has 4 rings (SSSR count). The van der Waals surface area contributed by atoms with Gasteiger partial charge in [-0.05, 0) is 63.1 Å². The Morgan fingerprint density at radius 2 is 1.69 bits per heavy atom. The predicted octanol–water partition coefficient (Wildman–Crippen LogP) is 3.25. The molecular formula is C23H25N7O2. The number of amides is 2. The van der Waals surface area contributed by atoms with Gasteiger partial charge in [-0.3, -0.25) is 19.7 Å². The SMILES string of the molecule is CNC(=O)c1cn2ncnc(Nc3cc(C(=O)Nn4c(C)ccc4C)ccc3C)c2c1C. The molecule has 0 saturated heterocycles. The number of carbonyl (C=O) groups excluding carboxylic acids is 2. The van der Waals surface area contributed by atoms with Crippen LogP contribution in [0.15, 0.2) is 42.9 Å². The minimum absolute atomic E-state index is 0.190. The van der Waals surface area contributed by atoms with Crippen molar-refractivity contribution < 1.29 is 9.59 Å². The lowest BCUT2D eigenvalue weighted by Gasteiger charge is -2.14. The molecule has 32 heavy (non-hydrogen) atoms. The molecular weight excluding hydrogens is 406 g/mol. The zero-order chi connectivity index (χ0) is 23.0. The standard InChI is InChI=1S/C23H25N7O2/c1-13-6-9-17(22(31)28-30-14(2)7-8-15(30)3)10-19(13)27-21-20-16(4)18(23(32)24-5)11-29(20)26-12-25-21/h6-12H,1-5H3,(H,24,32)(H,28,31)(H,25,26,27). The number of rotatable bonds is 5. The third-order valence-electron chi connectivity index (χ3n) is 5.54. The molecule has 0 atom stereocenters. The van der Waals surface area contributed by atoms with E-state index in [1.165, 1.54) is 6.33 Å². The highest BCUT2D eigenvalue weighted by Gasteiger charge is 2.18. The van der Waals surface area contributed by atoms with E-state index in [0.29, 0.717) is 22.5 Å². The Bertz CT molecular complexity index is 1330. The first-order valence-corrected chi connectivity index (χ1v) is 10.2. The minimum Gasteiger partial charge on any atom is -0.355 e. The molecule has 3 heterocycles. The number of nitrogens with one attached hydrogen (secondary N) is 3.